The Morgan fingerprint density at radius 2 is 1.95 bits per heavy atom. The van der Waals surface area contributed by atoms with Gasteiger partial charge in [-0.2, -0.15) is 0 Å². The van der Waals surface area contributed by atoms with E-state index in [1.165, 1.54) is 6.92 Å². The number of anilines is 1. The summed E-state index contributed by atoms with van der Waals surface area (Å²) in [4.78, 5) is 34.9. The van der Waals surface area contributed by atoms with Crippen molar-refractivity contribution < 1.29 is 19.5 Å². The van der Waals surface area contributed by atoms with E-state index in [0.29, 0.717) is 5.69 Å². The smallest absolute Gasteiger partial charge is 0.334 e. The molecule has 0 spiro atoms. The van der Waals surface area contributed by atoms with Gasteiger partial charge in [-0.15, -0.1) is 0 Å². The van der Waals surface area contributed by atoms with E-state index in [0.717, 1.165) is 0 Å². The van der Waals surface area contributed by atoms with Crippen molar-refractivity contribution in [3.05, 3.63) is 41.6 Å². The molecule has 0 bridgehead atoms. The quantitative estimate of drug-likeness (QED) is 0.769. The van der Waals surface area contributed by atoms with Crippen molar-refractivity contribution in [3.63, 3.8) is 0 Å². The Labute approximate surface area is 115 Å². The highest BCUT2D eigenvalue weighted by molar-refractivity contribution is 6.05. The third-order valence-corrected chi connectivity index (χ3v) is 3.06. The summed E-state index contributed by atoms with van der Waals surface area (Å²) in [7, 11) is 0. The average Bonchev–Trinajstić information content (AvgIpc) is 2.38. The van der Waals surface area contributed by atoms with Gasteiger partial charge in [-0.25, -0.2) is 4.79 Å². The van der Waals surface area contributed by atoms with Gasteiger partial charge < -0.3 is 15.7 Å². The molecule has 20 heavy (non-hydrogen) atoms. The predicted octanol–water partition coefficient (Wildman–Crippen LogP) is 1.12. The van der Waals surface area contributed by atoms with E-state index in [9.17, 15) is 19.5 Å². The average molecular weight is 274 g/mol. The van der Waals surface area contributed by atoms with E-state index >= 15 is 0 Å². The first-order valence-electron chi connectivity index (χ1n) is 6.09. The minimum atomic E-state index is -1.20. The van der Waals surface area contributed by atoms with Crippen LogP contribution in [0.2, 0.25) is 0 Å². The number of nitrogens with one attached hydrogen (secondary N) is 2. The minimum absolute atomic E-state index is 0.0713. The summed E-state index contributed by atoms with van der Waals surface area (Å²) in [6.07, 6.45) is -0.169. The molecule has 0 aromatic heterocycles. The van der Waals surface area contributed by atoms with Crippen molar-refractivity contribution in [2.24, 2.45) is 5.92 Å². The number of carboxylic acid groups (broad SMARTS) is 1. The van der Waals surface area contributed by atoms with Crippen LogP contribution in [0.4, 0.5) is 5.69 Å². The second-order valence-corrected chi connectivity index (χ2v) is 4.50. The van der Waals surface area contributed by atoms with Gasteiger partial charge in [-0.05, 0) is 19.1 Å². The van der Waals surface area contributed by atoms with Gasteiger partial charge in [0.25, 0.3) is 0 Å². The standard InChI is InChI=1S/C14H14N2O4/c1-8-12(14(19)20)10(7-11(17)15-8)13(18)16-9-5-3-2-4-6-9/h2-6,10H,7H2,1H3,(H,15,17)(H,16,18)(H,19,20). The van der Waals surface area contributed by atoms with Crippen molar-refractivity contribution in [2.75, 3.05) is 5.32 Å². The van der Waals surface area contributed by atoms with Crippen LogP contribution in [0.3, 0.4) is 0 Å². The number of carbonyl (C=O) groups is 3. The zero-order valence-corrected chi connectivity index (χ0v) is 10.8. The van der Waals surface area contributed by atoms with Gasteiger partial charge in [0.1, 0.15) is 0 Å². The molecule has 104 valence electrons. The molecule has 0 saturated carbocycles. The molecular formula is C14H14N2O4. The third kappa shape index (κ3) is 2.85. The zero-order chi connectivity index (χ0) is 14.7. The highest BCUT2D eigenvalue weighted by Gasteiger charge is 2.35. The van der Waals surface area contributed by atoms with Crippen molar-refractivity contribution in [2.45, 2.75) is 13.3 Å². The summed E-state index contributed by atoms with van der Waals surface area (Å²) in [5.74, 6) is -3.04. The number of para-hydroxylation sites is 1. The molecule has 0 radical (unpaired) electrons. The Bertz CT molecular complexity index is 592. The van der Waals surface area contributed by atoms with Crippen LogP contribution in [0.5, 0.6) is 0 Å². The molecule has 3 N–H and O–H groups in total. The fourth-order valence-electron chi connectivity index (χ4n) is 2.16. The number of hydrogen-bond acceptors (Lipinski definition) is 3. The normalized spacial score (nSPS) is 18.4. The molecular weight excluding hydrogens is 260 g/mol. The molecule has 1 aliphatic rings. The van der Waals surface area contributed by atoms with Crippen molar-refractivity contribution in [1.29, 1.82) is 0 Å². The number of hydrogen-bond donors (Lipinski definition) is 3. The number of aliphatic carboxylic acids is 1. The van der Waals surface area contributed by atoms with Crippen LogP contribution in [-0.2, 0) is 14.4 Å². The first-order chi connectivity index (χ1) is 9.49. The van der Waals surface area contributed by atoms with E-state index in [2.05, 4.69) is 10.6 Å². The molecule has 1 unspecified atom stereocenters. The largest absolute Gasteiger partial charge is 0.478 e. The van der Waals surface area contributed by atoms with Crippen LogP contribution < -0.4 is 10.6 Å². The van der Waals surface area contributed by atoms with E-state index in [1.807, 2.05) is 0 Å². The molecule has 1 atom stereocenters. The maximum absolute atomic E-state index is 12.2. The second-order valence-electron chi connectivity index (χ2n) is 4.50. The Morgan fingerprint density at radius 3 is 2.55 bits per heavy atom. The van der Waals surface area contributed by atoms with Crippen LogP contribution in [0, 0.1) is 5.92 Å². The van der Waals surface area contributed by atoms with Gasteiger partial charge in [0, 0.05) is 17.8 Å². The van der Waals surface area contributed by atoms with Gasteiger partial charge in [0.05, 0.1) is 11.5 Å². The number of amides is 2. The third-order valence-electron chi connectivity index (χ3n) is 3.06. The lowest BCUT2D eigenvalue weighted by Gasteiger charge is -2.24. The van der Waals surface area contributed by atoms with Gasteiger partial charge in [0.15, 0.2) is 0 Å². The molecule has 2 rings (SSSR count). The molecule has 6 nitrogen and oxygen atoms in total. The SMILES string of the molecule is CC1=C(C(=O)O)C(C(=O)Nc2ccccc2)CC(=O)N1. The lowest BCUT2D eigenvalue weighted by molar-refractivity contribution is -0.136. The number of carbonyl (C=O) groups excluding carboxylic acids is 2. The molecule has 6 heteroatoms. The first kappa shape index (κ1) is 13.8. The van der Waals surface area contributed by atoms with Crippen LogP contribution in [-0.4, -0.2) is 22.9 Å². The van der Waals surface area contributed by atoms with Crippen molar-refractivity contribution >= 4 is 23.5 Å². The van der Waals surface area contributed by atoms with Gasteiger partial charge in [-0.3, -0.25) is 9.59 Å². The molecule has 0 fully saturated rings. The maximum atomic E-state index is 12.2. The monoisotopic (exact) mass is 274 g/mol. The van der Waals surface area contributed by atoms with Crippen LogP contribution in [0.25, 0.3) is 0 Å². The number of rotatable bonds is 3. The zero-order valence-electron chi connectivity index (χ0n) is 10.8. The van der Waals surface area contributed by atoms with Crippen LogP contribution >= 0.6 is 0 Å². The van der Waals surface area contributed by atoms with Crippen LogP contribution in [0.1, 0.15) is 13.3 Å². The fourth-order valence-corrected chi connectivity index (χ4v) is 2.16. The number of carboxylic acids is 1. The molecule has 1 aromatic rings. The van der Waals surface area contributed by atoms with E-state index < -0.39 is 17.8 Å². The molecule has 2 amide bonds. The highest BCUT2D eigenvalue weighted by atomic mass is 16.4. The summed E-state index contributed by atoms with van der Waals surface area (Å²) in [5.41, 5.74) is 0.700. The van der Waals surface area contributed by atoms with E-state index in [-0.39, 0.29) is 23.6 Å². The first-order valence-corrected chi connectivity index (χ1v) is 6.09. The molecule has 1 aromatic carbocycles. The van der Waals surface area contributed by atoms with Crippen molar-refractivity contribution in [1.82, 2.24) is 5.32 Å². The van der Waals surface area contributed by atoms with Gasteiger partial charge >= 0.3 is 5.97 Å². The Hall–Kier alpha value is -2.63. The minimum Gasteiger partial charge on any atom is -0.478 e. The summed E-state index contributed by atoms with van der Waals surface area (Å²) in [6.45, 7) is 1.48. The number of allylic oxidation sites excluding steroid dienone is 1. The Balaban J connectivity index is 2.25. The molecule has 1 heterocycles. The summed E-state index contributed by atoms with van der Waals surface area (Å²) in [6, 6.07) is 8.69. The molecule has 0 aliphatic carbocycles. The van der Waals surface area contributed by atoms with Crippen LogP contribution in [0.15, 0.2) is 41.6 Å². The summed E-state index contributed by atoms with van der Waals surface area (Å²) in [5, 5.41) is 14.3. The lowest BCUT2D eigenvalue weighted by Crippen LogP contribution is -2.39. The van der Waals surface area contributed by atoms with Gasteiger partial charge in [-0.1, -0.05) is 18.2 Å². The Morgan fingerprint density at radius 1 is 1.30 bits per heavy atom. The molecule has 0 saturated heterocycles. The summed E-state index contributed by atoms with van der Waals surface area (Å²) < 4.78 is 0. The number of benzene rings is 1. The Kier molecular flexibility index (Phi) is 3.84. The molecule has 1 aliphatic heterocycles. The topological polar surface area (TPSA) is 95.5 Å². The van der Waals surface area contributed by atoms with Crippen molar-refractivity contribution in [3.8, 4) is 0 Å². The fraction of sp³-hybridized carbons (Fsp3) is 0.214. The maximum Gasteiger partial charge on any atom is 0.334 e. The summed E-state index contributed by atoms with van der Waals surface area (Å²) >= 11 is 0. The highest BCUT2D eigenvalue weighted by Crippen LogP contribution is 2.24. The second kappa shape index (κ2) is 5.56. The predicted molar refractivity (Wildman–Crippen MR) is 71.7 cm³/mol. The van der Waals surface area contributed by atoms with Gasteiger partial charge in [0.2, 0.25) is 11.8 Å². The van der Waals surface area contributed by atoms with E-state index in [1.54, 1.807) is 30.3 Å². The lowest BCUT2D eigenvalue weighted by atomic mass is 9.89. The van der Waals surface area contributed by atoms with E-state index in [4.69, 9.17) is 0 Å².